The fraction of sp³-hybridized carbons (Fsp3) is 0.565. The molecular formula is C23H31N3O3. The number of methoxy groups -OCH3 is 1. The summed E-state index contributed by atoms with van der Waals surface area (Å²) >= 11 is 0. The van der Waals surface area contributed by atoms with E-state index in [2.05, 4.69) is 27.5 Å². The summed E-state index contributed by atoms with van der Waals surface area (Å²) in [5.74, 6) is 1.89. The van der Waals surface area contributed by atoms with Crippen LogP contribution < -0.4 is 10.1 Å². The van der Waals surface area contributed by atoms with E-state index in [1.165, 1.54) is 24.8 Å². The second kappa shape index (κ2) is 9.44. The predicted molar refractivity (Wildman–Crippen MR) is 111 cm³/mol. The average Bonchev–Trinajstić information content (AvgIpc) is 3.25. The molecule has 156 valence electrons. The van der Waals surface area contributed by atoms with Gasteiger partial charge in [-0.2, -0.15) is 0 Å². The third-order valence-corrected chi connectivity index (χ3v) is 6.15. The van der Waals surface area contributed by atoms with Crippen LogP contribution in [0.25, 0.3) is 0 Å². The molecule has 2 aliphatic rings. The summed E-state index contributed by atoms with van der Waals surface area (Å²) in [6.45, 7) is 2.86. The molecule has 6 heteroatoms. The molecule has 4 rings (SSSR count). The average molecular weight is 398 g/mol. The summed E-state index contributed by atoms with van der Waals surface area (Å²) in [4.78, 5) is 15.0. The molecule has 1 saturated carbocycles. The Balaban J connectivity index is 1.35. The Labute approximate surface area is 172 Å². The Bertz CT molecular complexity index is 813. The largest absolute Gasteiger partial charge is 0.497 e. The van der Waals surface area contributed by atoms with E-state index < -0.39 is 0 Å². The number of rotatable bonds is 6. The number of amides is 1. The van der Waals surface area contributed by atoms with Crippen molar-refractivity contribution in [1.82, 2.24) is 15.4 Å². The van der Waals surface area contributed by atoms with Crippen molar-refractivity contribution < 1.29 is 14.1 Å². The lowest BCUT2D eigenvalue weighted by Crippen LogP contribution is -2.36. The molecule has 2 aromatic rings. The lowest BCUT2D eigenvalue weighted by atomic mass is 9.94. The zero-order chi connectivity index (χ0) is 20.1. The molecule has 2 fully saturated rings. The first-order valence-electron chi connectivity index (χ1n) is 10.8. The number of ether oxygens (including phenoxy) is 1. The molecule has 1 unspecified atom stereocenters. The highest BCUT2D eigenvalue weighted by atomic mass is 16.5. The first kappa shape index (κ1) is 20.0. The van der Waals surface area contributed by atoms with E-state index in [0.717, 1.165) is 56.8 Å². The van der Waals surface area contributed by atoms with Gasteiger partial charge in [0.1, 0.15) is 11.5 Å². The van der Waals surface area contributed by atoms with E-state index in [-0.39, 0.29) is 17.9 Å². The van der Waals surface area contributed by atoms with Crippen molar-refractivity contribution in [1.29, 1.82) is 0 Å². The molecule has 1 aliphatic carbocycles. The number of piperidine rings is 1. The van der Waals surface area contributed by atoms with Gasteiger partial charge in [-0.05, 0) is 49.9 Å². The van der Waals surface area contributed by atoms with Crippen LogP contribution in [0.15, 0.2) is 34.9 Å². The van der Waals surface area contributed by atoms with Crippen LogP contribution in [0, 0.1) is 0 Å². The van der Waals surface area contributed by atoms with E-state index in [9.17, 15) is 4.79 Å². The summed E-state index contributed by atoms with van der Waals surface area (Å²) in [6, 6.07) is 10.3. The van der Waals surface area contributed by atoms with Crippen LogP contribution in [0.5, 0.6) is 5.75 Å². The minimum atomic E-state index is -0.101. The van der Waals surface area contributed by atoms with Crippen molar-refractivity contribution in [2.24, 2.45) is 0 Å². The van der Waals surface area contributed by atoms with Gasteiger partial charge in [0.25, 0.3) is 5.91 Å². The van der Waals surface area contributed by atoms with Gasteiger partial charge in [0.15, 0.2) is 5.69 Å². The second-order valence-electron chi connectivity index (χ2n) is 8.35. The Morgan fingerprint density at radius 2 is 2.07 bits per heavy atom. The molecule has 1 saturated heterocycles. The van der Waals surface area contributed by atoms with E-state index in [4.69, 9.17) is 9.26 Å². The topological polar surface area (TPSA) is 67.6 Å². The first-order valence-corrected chi connectivity index (χ1v) is 10.8. The quantitative estimate of drug-likeness (QED) is 0.794. The monoisotopic (exact) mass is 397 g/mol. The molecule has 1 N–H and O–H groups in total. The summed E-state index contributed by atoms with van der Waals surface area (Å²) in [5, 5.41) is 7.19. The summed E-state index contributed by atoms with van der Waals surface area (Å²) in [6.07, 6.45) is 7.97. The smallest absolute Gasteiger partial charge is 0.273 e. The van der Waals surface area contributed by atoms with Crippen LogP contribution in [-0.4, -0.2) is 42.2 Å². The molecule has 1 atom stereocenters. The Morgan fingerprint density at radius 3 is 2.90 bits per heavy atom. The highest BCUT2D eigenvalue weighted by molar-refractivity contribution is 5.92. The van der Waals surface area contributed by atoms with Crippen molar-refractivity contribution in [3.8, 4) is 5.75 Å². The molecule has 1 aromatic carbocycles. The van der Waals surface area contributed by atoms with Gasteiger partial charge in [-0.25, -0.2) is 0 Å². The van der Waals surface area contributed by atoms with E-state index in [0.29, 0.717) is 5.69 Å². The van der Waals surface area contributed by atoms with Crippen molar-refractivity contribution >= 4 is 5.91 Å². The lowest BCUT2D eigenvalue weighted by Gasteiger charge is -2.31. The molecule has 0 radical (unpaired) electrons. The molecule has 0 bridgehead atoms. The van der Waals surface area contributed by atoms with Crippen molar-refractivity contribution in [3.05, 3.63) is 47.3 Å². The second-order valence-corrected chi connectivity index (χ2v) is 8.35. The van der Waals surface area contributed by atoms with E-state index >= 15 is 0 Å². The zero-order valence-corrected chi connectivity index (χ0v) is 17.2. The van der Waals surface area contributed by atoms with Crippen molar-refractivity contribution in [3.63, 3.8) is 0 Å². The zero-order valence-electron chi connectivity index (χ0n) is 17.2. The third kappa shape index (κ3) is 5.18. The maximum atomic E-state index is 12.5. The number of aromatic nitrogens is 1. The van der Waals surface area contributed by atoms with Crippen LogP contribution in [0.3, 0.4) is 0 Å². The van der Waals surface area contributed by atoms with Gasteiger partial charge in [0, 0.05) is 31.1 Å². The Morgan fingerprint density at radius 1 is 1.21 bits per heavy atom. The molecule has 2 heterocycles. The third-order valence-electron chi connectivity index (χ3n) is 6.15. The van der Waals surface area contributed by atoms with E-state index in [1.807, 2.05) is 18.2 Å². The highest BCUT2D eigenvalue weighted by Gasteiger charge is 2.26. The molecule has 29 heavy (non-hydrogen) atoms. The predicted octanol–water partition coefficient (Wildman–Crippen LogP) is 4.13. The molecular weight excluding hydrogens is 366 g/mol. The SMILES string of the molecule is COc1cccc(CN2CCCC(c3cc(C(=O)NC4CCCCC4)no3)C2)c1. The van der Waals surface area contributed by atoms with Crippen molar-refractivity contribution in [2.45, 2.75) is 63.5 Å². The maximum Gasteiger partial charge on any atom is 0.273 e. The standard InChI is InChI=1S/C23H31N3O3/c1-28-20-11-5-7-17(13-20)15-26-12-6-8-18(16-26)22-14-21(25-29-22)23(27)24-19-9-3-2-4-10-19/h5,7,11,13-14,18-19H,2-4,6,8-10,12,15-16H2,1H3,(H,24,27). The van der Waals surface area contributed by atoms with Crippen LogP contribution in [-0.2, 0) is 6.54 Å². The summed E-state index contributed by atoms with van der Waals surface area (Å²) < 4.78 is 10.9. The van der Waals surface area contributed by atoms with Crippen LogP contribution in [0.1, 0.15) is 72.7 Å². The molecule has 1 aromatic heterocycles. The highest BCUT2D eigenvalue weighted by Crippen LogP contribution is 2.29. The van der Waals surface area contributed by atoms with Crippen LogP contribution >= 0.6 is 0 Å². The number of carbonyl (C=O) groups excluding carboxylic acids is 1. The van der Waals surface area contributed by atoms with Gasteiger partial charge >= 0.3 is 0 Å². The maximum absolute atomic E-state index is 12.5. The van der Waals surface area contributed by atoms with Gasteiger partial charge in [-0.15, -0.1) is 0 Å². The van der Waals surface area contributed by atoms with Crippen LogP contribution in [0.4, 0.5) is 0 Å². The fourth-order valence-corrected chi connectivity index (χ4v) is 4.56. The normalized spacial score (nSPS) is 21.1. The summed E-state index contributed by atoms with van der Waals surface area (Å²) in [5.41, 5.74) is 1.66. The summed E-state index contributed by atoms with van der Waals surface area (Å²) in [7, 11) is 1.70. The lowest BCUT2D eigenvalue weighted by molar-refractivity contribution is 0.0918. The number of nitrogens with zero attached hydrogens (tertiary/aromatic N) is 2. The minimum absolute atomic E-state index is 0.101. The number of likely N-dealkylation sites (tertiary alicyclic amines) is 1. The Kier molecular flexibility index (Phi) is 6.49. The molecule has 1 aliphatic heterocycles. The van der Waals surface area contributed by atoms with Gasteiger partial charge in [-0.1, -0.05) is 36.6 Å². The van der Waals surface area contributed by atoms with Crippen LogP contribution in [0.2, 0.25) is 0 Å². The van der Waals surface area contributed by atoms with Gasteiger partial charge in [0.2, 0.25) is 0 Å². The van der Waals surface area contributed by atoms with Gasteiger partial charge in [-0.3, -0.25) is 9.69 Å². The van der Waals surface area contributed by atoms with Gasteiger partial charge < -0.3 is 14.6 Å². The fourth-order valence-electron chi connectivity index (χ4n) is 4.56. The minimum Gasteiger partial charge on any atom is -0.497 e. The number of benzene rings is 1. The van der Waals surface area contributed by atoms with E-state index in [1.54, 1.807) is 7.11 Å². The number of hydrogen-bond acceptors (Lipinski definition) is 5. The molecule has 6 nitrogen and oxygen atoms in total. The Hall–Kier alpha value is -2.34. The first-order chi connectivity index (χ1) is 14.2. The number of carbonyl (C=O) groups is 1. The van der Waals surface area contributed by atoms with Gasteiger partial charge in [0.05, 0.1) is 7.11 Å². The number of nitrogens with one attached hydrogen (secondary N) is 1. The number of hydrogen-bond donors (Lipinski definition) is 1. The molecule has 0 spiro atoms. The van der Waals surface area contributed by atoms with Crippen molar-refractivity contribution in [2.75, 3.05) is 20.2 Å². The molecule has 1 amide bonds.